The maximum Gasteiger partial charge on any atom is 0.263 e. The second-order valence-corrected chi connectivity index (χ2v) is 6.99. The number of rotatable bonds is 7. The van der Waals surface area contributed by atoms with E-state index >= 15 is 0 Å². The van der Waals surface area contributed by atoms with E-state index in [0.717, 1.165) is 16.9 Å². The van der Waals surface area contributed by atoms with Crippen LogP contribution in [0.15, 0.2) is 34.0 Å². The minimum absolute atomic E-state index is 0.0333. The van der Waals surface area contributed by atoms with E-state index in [1.807, 2.05) is 22.9 Å². The highest BCUT2D eigenvalue weighted by molar-refractivity contribution is 7.18. The third-order valence-electron chi connectivity index (χ3n) is 3.51. The van der Waals surface area contributed by atoms with Crippen LogP contribution in [0, 0.1) is 0 Å². The predicted molar refractivity (Wildman–Crippen MR) is 96.7 cm³/mol. The van der Waals surface area contributed by atoms with Gasteiger partial charge in [-0.15, -0.1) is 22.7 Å². The minimum Gasteiger partial charge on any atom is -0.385 e. The van der Waals surface area contributed by atoms with Crippen LogP contribution in [0.25, 0.3) is 20.7 Å². The zero-order valence-electron chi connectivity index (χ0n) is 13.2. The molecule has 0 aliphatic carbocycles. The van der Waals surface area contributed by atoms with Crippen LogP contribution in [0.1, 0.15) is 6.42 Å². The fraction of sp³-hybridized carbons (Fsp3) is 0.312. The number of aromatic nitrogens is 2. The number of amides is 1. The Morgan fingerprint density at radius 3 is 3.04 bits per heavy atom. The Kier molecular flexibility index (Phi) is 5.39. The second-order valence-electron chi connectivity index (χ2n) is 5.18. The number of methoxy groups -OCH3 is 1. The molecule has 8 heteroatoms. The molecule has 6 nitrogen and oxygen atoms in total. The molecule has 0 saturated heterocycles. The summed E-state index contributed by atoms with van der Waals surface area (Å²) in [4.78, 5) is 30.8. The van der Waals surface area contributed by atoms with Crippen molar-refractivity contribution in [3.05, 3.63) is 39.6 Å². The van der Waals surface area contributed by atoms with Crippen molar-refractivity contribution >= 4 is 38.8 Å². The first kappa shape index (κ1) is 16.8. The zero-order chi connectivity index (χ0) is 16.9. The van der Waals surface area contributed by atoms with Crippen molar-refractivity contribution in [1.82, 2.24) is 14.9 Å². The first-order valence-corrected chi connectivity index (χ1v) is 9.23. The summed E-state index contributed by atoms with van der Waals surface area (Å²) in [5.41, 5.74) is 0.703. The second kappa shape index (κ2) is 7.69. The summed E-state index contributed by atoms with van der Waals surface area (Å²) >= 11 is 3.02. The van der Waals surface area contributed by atoms with E-state index in [2.05, 4.69) is 10.3 Å². The first-order chi connectivity index (χ1) is 11.7. The van der Waals surface area contributed by atoms with Gasteiger partial charge in [-0.1, -0.05) is 6.07 Å². The number of nitrogens with zero attached hydrogens (tertiary/aromatic N) is 2. The Bertz CT molecular complexity index is 884. The quantitative estimate of drug-likeness (QED) is 0.654. The monoisotopic (exact) mass is 363 g/mol. The van der Waals surface area contributed by atoms with Crippen molar-refractivity contribution in [3.8, 4) is 10.4 Å². The first-order valence-electron chi connectivity index (χ1n) is 7.47. The van der Waals surface area contributed by atoms with E-state index in [0.29, 0.717) is 23.4 Å². The highest BCUT2D eigenvalue weighted by Crippen LogP contribution is 2.33. The average molecular weight is 363 g/mol. The number of carbonyl (C=O) groups excluding carboxylic acids is 1. The third-order valence-corrected chi connectivity index (χ3v) is 5.30. The van der Waals surface area contributed by atoms with E-state index in [9.17, 15) is 9.59 Å². The molecule has 0 aliphatic rings. The van der Waals surface area contributed by atoms with E-state index in [1.165, 1.54) is 22.2 Å². The van der Waals surface area contributed by atoms with Gasteiger partial charge in [0.05, 0.1) is 11.7 Å². The third kappa shape index (κ3) is 3.55. The van der Waals surface area contributed by atoms with Crippen molar-refractivity contribution in [2.75, 3.05) is 20.3 Å². The summed E-state index contributed by atoms with van der Waals surface area (Å²) in [5, 5.41) is 7.27. The summed E-state index contributed by atoms with van der Waals surface area (Å²) in [7, 11) is 1.62. The van der Waals surface area contributed by atoms with Crippen molar-refractivity contribution in [2.24, 2.45) is 0 Å². The fourth-order valence-corrected chi connectivity index (χ4v) is 4.07. The normalized spacial score (nSPS) is 11.0. The standard InChI is InChI=1S/C16H17N3O3S2/c1-22-6-3-5-17-13(20)8-19-10-18-15-14(16(19)21)11(9-24-15)12-4-2-7-23-12/h2,4,7,9-10H,3,5-6,8H2,1H3,(H,17,20). The molecular formula is C16H17N3O3S2. The van der Waals surface area contributed by atoms with Crippen molar-refractivity contribution in [1.29, 1.82) is 0 Å². The van der Waals surface area contributed by atoms with Crippen LogP contribution in [0.3, 0.4) is 0 Å². The van der Waals surface area contributed by atoms with Gasteiger partial charge in [0.1, 0.15) is 11.4 Å². The Morgan fingerprint density at radius 1 is 1.42 bits per heavy atom. The van der Waals surface area contributed by atoms with E-state index in [-0.39, 0.29) is 18.0 Å². The van der Waals surface area contributed by atoms with Crippen LogP contribution >= 0.6 is 22.7 Å². The number of hydrogen-bond acceptors (Lipinski definition) is 6. The SMILES string of the molecule is COCCCNC(=O)Cn1cnc2scc(-c3cccs3)c2c1=O. The molecule has 1 N–H and O–H groups in total. The molecule has 0 fully saturated rings. The number of nitrogens with one attached hydrogen (secondary N) is 1. The highest BCUT2D eigenvalue weighted by atomic mass is 32.1. The lowest BCUT2D eigenvalue weighted by atomic mass is 10.2. The van der Waals surface area contributed by atoms with Gasteiger partial charge in [-0.3, -0.25) is 14.2 Å². The molecule has 0 spiro atoms. The molecule has 3 aromatic rings. The van der Waals surface area contributed by atoms with Crippen LogP contribution < -0.4 is 10.9 Å². The lowest BCUT2D eigenvalue weighted by molar-refractivity contribution is -0.121. The van der Waals surface area contributed by atoms with E-state index < -0.39 is 0 Å². The molecule has 0 saturated carbocycles. The summed E-state index contributed by atoms with van der Waals surface area (Å²) in [5.74, 6) is -0.206. The molecule has 1 amide bonds. The summed E-state index contributed by atoms with van der Waals surface area (Å²) in [6.07, 6.45) is 2.18. The molecule has 3 heterocycles. The van der Waals surface area contributed by atoms with Gasteiger partial charge >= 0.3 is 0 Å². The van der Waals surface area contributed by atoms with Crippen LogP contribution in [0.4, 0.5) is 0 Å². The Morgan fingerprint density at radius 2 is 2.29 bits per heavy atom. The van der Waals surface area contributed by atoms with Gasteiger partial charge in [-0.25, -0.2) is 4.98 Å². The number of fused-ring (bicyclic) bond motifs is 1. The lowest BCUT2D eigenvalue weighted by Gasteiger charge is -2.07. The number of thiophene rings is 2. The molecular weight excluding hydrogens is 346 g/mol. The van der Waals surface area contributed by atoms with Gasteiger partial charge in [0.25, 0.3) is 5.56 Å². The van der Waals surface area contributed by atoms with Gasteiger partial charge < -0.3 is 10.1 Å². The highest BCUT2D eigenvalue weighted by Gasteiger charge is 2.15. The molecule has 0 radical (unpaired) electrons. The smallest absolute Gasteiger partial charge is 0.263 e. The molecule has 0 bridgehead atoms. The van der Waals surface area contributed by atoms with Gasteiger partial charge in [-0.05, 0) is 17.9 Å². The molecule has 0 aliphatic heterocycles. The van der Waals surface area contributed by atoms with Crippen LogP contribution in [-0.4, -0.2) is 35.7 Å². The Labute approximate surface area is 146 Å². The predicted octanol–water partition coefficient (Wildman–Crippen LogP) is 2.34. The van der Waals surface area contributed by atoms with Crippen LogP contribution in [0.2, 0.25) is 0 Å². The molecule has 24 heavy (non-hydrogen) atoms. The summed E-state index contributed by atoms with van der Waals surface area (Å²) in [6.45, 7) is 1.08. The molecule has 0 unspecified atom stereocenters. The Hall–Kier alpha value is -2.03. The van der Waals surface area contributed by atoms with Crippen molar-refractivity contribution in [3.63, 3.8) is 0 Å². The number of hydrogen-bond donors (Lipinski definition) is 1. The van der Waals surface area contributed by atoms with E-state index in [4.69, 9.17) is 4.74 Å². The minimum atomic E-state index is -0.206. The number of carbonyl (C=O) groups is 1. The summed E-state index contributed by atoms with van der Waals surface area (Å²) < 4.78 is 6.29. The van der Waals surface area contributed by atoms with Crippen molar-refractivity contribution < 1.29 is 9.53 Å². The van der Waals surface area contributed by atoms with Gasteiger partial charge in [0.15, 0.2) is 0 Å². The maximum atomic E-state index is 12.8. The van der Waals surface area contributed by atoms with Gasteiger partial charge in [0.2, 0.25) is 5.91 Å². The van der Waals surface area contributed by atoms with Gasteiger partial charge in [0, 0.05) is 36.1 Å². The Balaban J connectivity index is 1.82. The van der Waals surface area contributed by atoms with Gasteiger partial charge in [-0.2, -0.15) is 0 Å². The molecule has 0 atom stereocenters. The topological polar surface area (TPSA) is 73.2 Å². The lowest BCUT2D eigenvalue weighted by Crippen LogP contribution is -2.33. The van der Waals surface area contributed by atoms with Crippen molar-refractivity contribution in [2.45, 2.75) is 13.0 Å². The maximum absolute atomic E-state index is 12.8. The largest absolute Gasteiger partial charge is 0.385 e. The van der Waals surface area contributed by atoms with Crippen LogP contribution in [-0.2, 0) is 16.1 Å². The van der Waals surface area contributed by atoms with E-state index in [1.54, 1.807) is 18.4 Å². The van der Waals surface area contributed by atoms with Crippen LogP contribution in [0.5, 0.6) is 0 Å². The molecule has 3 aromatic heterocycles. The number of ether oxygens (including phenoxy) is 1. The average Bonchev–Trinajstić information content (AvgIpc) is 3.23. The molecule has 126 valence electrons. The fourth-order valence-electron chi connectivity index (χ4n) is 2.35. The molecule has 0 aromatic carbocycles. The zero-order valence-corrected chi connectivity index (χ0v) is 14.8. The summed E-state index contributed by atoms with van der Waals surface area (Å²) in [6, 6.07) is 3.93. The molecule has 3 rings (SSSR count).